The molecule has 6 nitrogen and oxygen atoms in total. The van der Waals surface area contributed by atoms with E-state index in [1.165, 1.54) is 11.9 Å². The van der Waals surface area contributed by atoms with Crippen molar-refractivity contribution in [1.29, 1.82) is 0 Å². The van der Waals surface area contributed by atoms with Crippen molar-refractivity contribution in [2.45, 2.75) is 31.7 Å². The molecule has 0 radical (unpaired) electrons. The molecule has 0 spiro atoms. The number of allylic oxidation sites excluding steroid dienone is 2. The summed E-state index contributed by atoms with van der Waals surface area (Å²) in [5.74, 6) is 1.73. The van der Waals surface area contributed by atoms with Crippen LogP contribution in [0.5, 0.6) is 5.75 Å². The largest absolute Gasteiger partial charge is 0.494 e. The van der Waals surface area contributed by atoms with Gasteiger partial charge in [-0.3, -0.25) is 4.79 Å². The topological polar surface area (TPSA) is 69.0 Å². The predicted molar refractivity (Wildman–Crippen MR) is 110 cm³/mol. The highest BCUT2D eigenvalue weighted by atomic mass is 16.5. The van der Waals surface area contributed by atoms with E-state index in [1.807, 2.05) is 49.4 Å². The fourth-order valence-electron chi connectivity index (χ4n) is 4.39. The van der Waals surface area contributed by atoms with Crippen molar-refractivity contribution in [1.82, 2.24) is 14.8 Å². The van der Waals surface area contributed by atoms with E-state index >= 15 is 0 Å². The molecule has 2 heterocycles. The number of hydrogen-bond donors (Lipinski definition) is 1. The van der Waals surface area contributed by atoms with Crippen molar-refractivity contribution in [3.8, 4) is 5.75 Å². The fourth-order valence-corrected chi connectivity index (χ4v) is 4.39. The summed E-state index contributed by atoms with van der Waals surface area (Å²) < 4.78 is 7.66. The van der Waals surface area contributed by atoms with Crippen LogP contribution in [-0.4, -0.2) is 27.2 Å². The van der Waals surface area contributed by atoms with Crippen molar-refractivity contribution in [3.63, 3.8) is 0 Å². The molecule has 29 heavy (non-hydrogen) atoms. The monoisotopic (exact) mass is 386 g/mol. The van der Waals surface area contributed by atoms with Crippen LogP contribution in [-0.2, 0) is 4.79 Å². The zero-order valence-electron chi connectivity index (χ0n) is 16.2. The lowest BCUT2D eigenvalue weighted by molar-refractivity contribution is -0.116. The van der Waals surface area contributed by atoms with Gasteiger partial charge < -0.3 is 10.1 Å². The Morgan fingerprint density at radius 1 is 1.10 bits per heavy atom. The summed E-state index contributed by atoms with van der Waals surface area (Å²) in [5.41, 5.74) is 3.82. The first-order valence-electron chi connectivity index (χ1n) is 9.95. The Balaban J connectivity index is 1.62. The Hall–Kier alpha value is -3.41. The molecule has 0 amide bonds. The molecule has 1 aliphatic heterocycles. The van der Waals surface area contributed by atoms with E-state index in [9.17, 15) is 4.79 Å². The summed E-state index contributed by atoms with van der Waals surface area (Å²) in [5, 5.41) is 7.79. The van der Waals surface area contributed by atoms with E-state index in [0.717, 1.165) is 29.0 Å². The number of aromatic nitrogens is 3. The fraction of sp³-hybridized carbons (Fsp3) is 0.261. The molecule has 2 aliphatic rings. The first-order chi connectivity index (χ1) is 14.3. The van der Waals surface area contributed by atoms with Gasteiger partial charge in [0, 0.05) is 23.3 Å². The molecule has 3 aromatic rings. The third-order valence-electron chi connectivity index (χ3n) is 5.65. The lowest BCUT2D eigenvalue weighted by Crippen LogP contribution is -2.33. The Labute approximate surface area is 169 Å². The highest BCUT2D eigenvalue weighted by Crippen LogP contribution is 2.45. The molecular formula is C23H22N4O2. The molecule has 1 aliphatic carbocycles. The number of Topliss-reactive ketones (excluding diaryl/α,β-unsaturated/α-hetero) is 1. The second-order valence-corrected chi connectivity index (χ2v) is 7.36. The highest BCUT2D eigenvalue weighted by Gasteiger charge is 2.40. The molecular weight excluding hydrogens is 364 g/mol. The van der Waals surface area contributed by atoms with E-state index in [-0.39, 0.29) is 17.7 Å². The van der Waals surface area contributed by atoms with Gasteiger partial charge in [-0.25, -0.2) is 4.68 Å². The van der Waals surface area contributed by atoms with Gasteiger partial charge in [0.25, 0.3) is 0 Å². The average Bonchev–Trinajstić information content (AvgIpc) is 3.22. The standard InChI is InChI=1S/C23H22N4O2/c1-2-29-20-11-7-6-10-17(20)22-21-18(26-23-24-14-25-27(22)23)12-16(13-19(21)28)15-8-4-3-5-9-15/h3-11,14,16,22H,2,12-13H2,1H3,(H,24,25,26)/t16-,22-/m0/s1. The predicted octanol–water partition coefficient (Wildman–Crippen LogP) is 4.09. The molecule has 1 aromatic heterocycles. The summed E-state index contributed by atoms with van der Waals surface area (Å²) in [6.45, 7) is 2.52. The first-order valence-corrected chi connectivity index (χ1v) is 9.95. The van der Waals surface area contributed by atoms with Gasteiger partial charge in [-0.05, 0) is 30.9 Å². The number of carbonyl (C=O) groups is 1. The minimum absolute atomic E-state index is 0.144. The van der Waals surface area contributed by atoms with E-state index in [4.69, 9.17) is 4.74 Å². The van der Waals surface area contributed by atoms with E-state index in [2.05, 4.69) is 27.5 Å². The van der Waals surface area contributed by atoms with Crippen LogP contribution in [0.1, 0.15) is 42.9 Å². The van der Waals surface area contributed by atoms with Gasteiger partial charge >= 0.3 is 0 Å². The maximum atomic E-state index is 13.4. The highest BCUT2D eigenvalue weighted by molar-refractivity contribution is 6.00. The molecule has 2 atom stereocenters. The van der Waals surface area contributed by atoms with Crippen LogP contribution in [0.15, 0.2) is 72.2 Å². The van der Waals surface area contributed by atoms with Crippen molar-refractivity contribution in [3.05, 3.63) is 83.3 Å². The summed E-state index contributed by atoms with van der Waals surface area (Å²) >= 11 is 0. The second kappa shape index (κ2) is 7.20. The summed E-state index contributed by atoms with van der Waals surface area (Å²) in [7, 11) is 0. The van der Waals surface area contributed by atoms with Gasteiger partial charge in [-0.2, -0.15) is 10.1 Å². The van der Waals surface area contributed by atoms with Gasteiger partial charge in [0.15, 0.2) is 5.78 Å². The zero-order valence-corrected chi connectivity index (χ0v) is 16.2. The number of nitrogens with zero attached hydrogens (tertiary/aromatic N) is 3. The molecule has 0 unspecified atom stereocenters. The molecule has 2 aromatic carbocycles. The molecule has 6 heteroatoms. The third-order valence-corrected chi connectivity index (χ3v) is 5.65. The Bertz CT molecular complexity index is 1090. The SMILES string of the molecule is CCOc1ccccc1[C@H]1C2=C(C[C@H](c3ccccc3)CC2=O)Nc2ncnn21. The van der Waals surface area contributed by atoms with Gasteiger partial charge in [0.2, 0.25) is 5.95 Å². The molecule has 1 N–H and O–H groups in total. The molecule has 0 fully saturated rings. The molecule has 0 saturated heterocycles. The normalized spacial score (nSPS) is 20.7. The molecule has 5 rings (SSSR count). The van der Waals surface area contributed by atoms with Crippen molar-refractivity contribution >= 4 is 11.7 Å². The van der Waals surface area contributed by atoms with E-state index in [0.29, 0.717) is 19.0 Å². The van der Waals surface area contributed by atoms with Crippen molar-refractivity contribution < 1.29 is 9.53 Å². The van der Waals surface area contributed by atoms with Crippen molar-refractivity contribution in [2.24, 2.45) is 0 Å². The number of nitrogens with one attached hydrogen (secondary N) is 1. The van der Waals surface area contributed by atoms with Crippen molar-refractivity contribution in [2.75, 3.05) is 11.9 Å². The molecule has 0 bridgehead atoms. The lowest BCUT2D eigenvalue weighted by Gasteiger charge is -2.35. The maximum Gasteiger partial charge on any atom is 0.226 e. The minimum atomic E-state index is -0.337. The Morgan fingerprint density at radius 3 is 2.72 bits per heavy atom. The average molecular weight is 386 g/mol. The van der Waals surface area contributed by atoms with Crippen LogP contribution in [0.4, 0.5) is 5.95 Å². The number of anilines is 1. The second-order valence-electron chi connectivity index (χ2n) is 7.36. The Morgan fingerprint density at radius 2 is 1.90 bits per heavy atom. The van der Waals surface area contributed by atoms with E-state index < -0.39 is 0 Å². The van der Waals surface area contributed by atoms with Crippen LogP contribution in [0.25, 0.3) is 0 Å². The quantitative estimate of drug-likeness (QED) is 0.731. The van der Waals surface area contributed by atoms with Crippen LogP contribution >= 0.6 is 0 Å². The van der Waals surface area contributed by atoms with Gasteiger partial charge in [0.1, 0.15) is 18.1 Å². The number of ether oxygens (including phenoxy) is 1. The van der Waals surface area contributed by atoms with Gasteiger partial charge in [0.05, 0.1) is 6.61 Å². The van der Waals surface area contributed by atoms with Crippen LogP contribution in [0.3, 0.4) is 0 Å². The third kappa shape index (κ3) is 3.01. The van der Waals surface area contributed by atoms with Crippen LogP contribution in [0, 0.1) is 0 Å². The van der Waals surface area contributed by atoms with Gasteiger partial charge in [-0.1, -0.05) is 48.5 Å². The molecule has 146 valence electrons. The van der Waals surface area contributed by atoms with E-state index in [1.54, 1.807) is 4.68 Å². The number of para-hydroxylation sites is 1. The number of ketones is 1. The first kappa shape index (κ1) is 17.7. The minimum Gasteiger partial charge on any atom is -0.494 e. The summed E-state index contributed by atoms with van der Waals surface area (Å²) in [6.07, 6.45) is 2.78. The number of fused-ring (bicyclic) bond motifs is 1. The molecule has 0 saturated carbocycles. The summed E-state index contributed by atoms with van der Waals surface area (Å²) in [6, 6.07) is 17.8. The number of hydrogen-bond acceptors (Lipinski definition) is 5. The van der Waals surface area contributed by atoms with Crippen LogP contribution < -0.4 is 10.1 Å². The maximum absolute atomic E-state index is 13.4. The van der Waals surface area contributed by atoms with Crippen LogP contribution in [0.2, 0.25) is 0 Å². The summed E-state index contributed by atoms with van der Waals surface area (Å²) in [4.78, 5) is 17.8. The number of rotatable bonds is 4. The zero-order chi connectivity index (χ0) is 19.8. The smallest absolute Gasteiger partial charge is 0.226 e. The van der Waals surface area contributed by atoms with Gasteiger partial charge in [-0.15, -0.1) is 0 Å². The Kier molecular flexibility index (Phi) is 4.39. The number of benzene rings is 2. The number of carbonyl (C=O) groups excluding carboxylic acids is 1. The lowest BCUT2D eigenvalue weighted by atomic mass is 9.78.